The number of imide groups is 1. The van der Waals surface area contributed by atoms with Crippen LogP contribution in [0.1, 0.15) is 41.4 Å². The van der Waals surface area contributed by atoms with Crippen LogP contribution in [0.5, 0.6) is 5.75 Å². The molecule has 3 aromatic rings. The summed E-state index contributed by atoms with van der Waals surface area (Å²) in [6, 6.07) is 11.6. The largest absolute Gasteiger partial charge is 0.496 e. The van der Waals surface area contributed by atoms with E-state index in [1.54, 1.807) is 24.3 Å². The topological polar surface area (TPSA) is 90.0 Å². The average molecular weight is 598 g/mol. The molecule has 1 aliphatic heterocycles. The van der Waals surface area contributed by atoms with Crippen LogP contribution < -0.4 is 9.64 Å². The number of Topliss-reactive ketones (excluding diaryl/α,β-unsaturated/α-hetero) is 1. The van der Waals surface area contributed by atoms with Crippen molar-refractivity contribution in [3.8, 4) is 5.75 Å². The zero-order valence-electron chi connectivity index (χ0n) is 17.7. The number of methoxy groups -OCH3 is 1. The summed E-state index contributed by atoms with van der Waals surface area (Å²) in [6.45, 7) is -0.511. The second-order valence-corrected chi connectivity index (χ2v) is 9.40. The number of carbonyl (C=O) groups is 4. The van der Waals surface area contributed by atoms with E-state index in [0.717, 1.165) is 9.37 Å². The molecule has 4 rings (SSSR count). The quantitative estimate of drug-likeness (QED) is 0.189. The maximum absolute atomic E-state index is 12.9. The molecule has 35 heavy (non-hydrogen) atoms. The summed E-state index contributed by atoms with van der Waals surface area (Å²) in [5, 5.41) is 0.143. The third-order valence-electron chi connectivity index (χ3n) is 5.16. The number of hydrogen-bond donors (Lipinski definition) is 0. The van der Waals surface area contributed by atoms with Crippen molar-refractivity contribution in [3.05, 3.63) is 90.3 Å². The van der Waals surface area contributed by atoms with Gasteiger partial charge in [-0.2, -0.15) is 0 Å². The molecule has 0 radical (unpaired) electrons. The molecule has 0 unspecified atom stereocenters. The molecule has 1 aliphatic rings. The number of carbonyl (C=O) groups excluding carboxylic acids is 4. The molecule has 0 fully saturated rings. The number of esters is 1. The van der Waals surface area contributed by atoms with Crippen LogP contribution in [-0.2, 0) is 4.74 Å². The summed E-state index contributed by atoms with van der Waals surface area (Å²) >= 11 is 21.6. The minimum Gasteiger partial charge on any atom is -0.496 e. The Morgan fingerprint density at radius 1 is 0.886 bits per heavy atom. The first-order chi connectivity index (χ1) is 16.6. The van der Waals surface area contributed by atoms with Gasteiger partial charge in [-0.05, 0) is 30.3 Å². The molecule has 0 spiro atoms. The van der Waals surface area contributed by atoms with Crippen molar-refractivity contribution in [2.45, 2.75) is 0 Å². The van der Waals surface area contributed by atoms with Gasteiger partial charge in [-0.15, -0.1) is 0 Å². The third kappa shape index (κ3) is 4.79. The van der Waals surface area contributed by atoms with Crippen LogP contribution in [0.4, 0.5) is 5.69 Å². The molecule has 0 saturated carbocycles. The molecular weight excluding hydrogens is 585 g/mol. The highest BCUT2D eigenvalue weighted by molar-refractivity contribution is 9.10. The van der Waals surface area contributed by atoms with Crippen LogP contribution in [0.25, 0.3) is 0 Å². The Morgan fingerprint density at radius 3 is 2.00 bits per heavy atom. The van der Waals surface area contributed by atoms with Crippen LogP contribution in [0, 0.1) is 0 Å². The van der Waals surface area contributed by atoms with Crippen LogP contribution in [0.15, 0.2) is 53.0 Å². The number of anilines is 1. The van der Waals surface area contributed by atoms with Crippen molar-refractivity contribution in [1.29, 1.82) is 0 Å². The summed E-state index contributed by atoms with van der Waals surface area (Å²) in [5.41, 5.74) is 0.396. The molecule has 0 bridgehead atoms. The average Bonchev–Trinajstić information content (AvgIpc) is 3.07. The van der Waals surface area contributed by atoms with E-state index in [2.05, 4.69) is 15.9 Å². The first kappa shape index (κ1) is 25.2. The normalized spacial score (nSPS) is 12.5. The molecule has 178 valence electrons. The maximum atomic E-state index is 12.9. The Hall–Kier alpha value is -2.91. The number of fused-ring (bicyclic) bond motifs is 1. The number of amides is 2. The Labute approximate surface area is 222 Å². The number of rotatable bonds is 6. The monoisotopic (exact) mass is 595 g/mol. The van der Waals surface area contributed by atoms with Gasteiger partial charge in [0.1, 0.15) is 11.3 Å². The molecule has 1 heterocycles. The predicted molar refractivity (Wildman–Crippen MR) is 134 cm³/mol. The lowest BCUT2D eigenvalue weighted by molar-refractivity contribution is 0.0471. The van der Waals surface area contributed by atoms with Gasteiger partial charge in [-0.25, -0.2) is 9.69 Å². The second-order valence-electron chi connectivity index (χ2n) is 7.27. The van der Waals surface area contributed by atoms with Crippen molar-refractivity contribution < 1.29 is 28.7 Å². The Bertz CT molecular complexity index is 1370. The van der Waals surface area contributed by atoms with E-state index in [0.29, 0.717) is 5.56 Å². The van der Waals surface area contributed by atoms with Crippen LogP contribution in [0.2, 0.25) is 15.1 Å². The number of benzene rings is 3. The summed E-state index contributed by atoms with van der Waals surface area (Å²) in [5.74, 6) is -2.62. The highest BCUT2D eigenvalue weighted by Crippen LogP contribution is 2.39. The van der Waals surface area contributed by atoms with Crippen molar-refractivity contribution in [3.63, 3.8) is 0 Å². The minimum atomic E-state index is -0.873. The van der Waals surface area contributed by atoms with E-state index < -0.39 is 30.2 Å². The summed E-state index contributed by atoms with van der Waals surface area (Å²) < 4.78 is 11.2. The van der Waals surface area contributed by atoms with Crippen molar-refractivity contribution in [2.75, 3.05) is 18.6 Å². The molecule has 2 amide bonds. The number of halogens is 4. The van der Waals surface area contributed by atoms with Gasteiger partial charge in [0.25, 0.3) is 11.8 Å². The molecular formula is C24H13BrCl3NO6. The summed E-state index contributed by atoms with van der Waals surface area (Å²) in [4.78, 5) is 51.7. The van der Waals surface area contributed by atoms with Crippen molar-refractivity contribution in [2.24, 2.45) is 0 Å². The van der Waals surface area contributed by atoms with Gasteiger partial charge in [0, 0.05) is 16.1 Å². The fourth-order valence-electron chi connectivity index (χ4n) is 3.42. The van der Waals surface area contributed by atoms with Gasteiger partial charge in [0.2, 0.25) is 0 Å². The molecule has 7 nitrogen and oxygen atoms in total. The lowest BCUT2D eigenvalue weighted by Gasteiger charge is -2.18. The molecule has 0 atom stereocenters. The molecule has 0 aliphatic carbocycles. The number of ketones is 1. The maximum Gasteiger partial charge on any atom is 0.342 e. The predicted octanol–water partition coefficient (Wildman–Crippen LogP) is 6.26. The first-order valence-electron chi connectivity index (χ1n) is 9.83. The van der Waals surface area contributed by atoms with E-state index in [1.165, 1.54) is 31.4 Å². The zero-order chi connectivity index (χ0) is 25.4. The fraction of sp³-hybridized carbons (Fsp3) is 0.0833. The van der Waals surface area contributed by atoms with Crippen LogP contribution in [-0.4, -0.2) is 37.3 Å². The number of hydrogen-bond acceptors (Lipinski definition) is 6. The summed E-state index contributed by atoms with van der Waals surface area (Å²) in [6.07, 6.45) is 0. The lowest BCUT2D eigenvalue weighted by atomic mass is 10.1. The van der Waals surface area contributed by atoms with Crippen molar-refractivity contribution in [1.82, 2.24) is 0 Å². The van der Waals surface area contributed by atoms with Gasteiger partial charge in [0.15, 0.2) is 12.4 Å². The van der Waals surface area contributed by atoms with E-state index in [-0.39, 0.29) is 43.2 Å². The van der Waals surface area contributed by atoms with Gasteiger partial charge >= 0.3 is 5.97 Å². The van der Waals surface area contributed by atoms with Crippen molar-refractivity contribution >= 4 is 80.0 Å². The molecule has 0 aromatic heterocycles. The number of ether oxygens (including phenoxy) is 2. The highest BCUT2D eigenvalue weighted by Gasteiger charge is 2.39. The van der Waals surface area contributed by atoms with E-state index in [4.69, 9.17) is 44.3 Å². The van der Waals surface area contributed by atoms with Gasteiger partial charge < -0.3 is 9.47 Å². The van der Waals surface area contributed by atoms with Gasteiger partial charge in [0.05, 0.1) is 39.0 Å². The molecule has 0 saturated heterocycles. The highest BCUT2D eigenvalue weighted by atomic mass is 79.9. The van der Waals surface area contributed by atoms with Gasteiger partial charge in [-0.3, -0.25) is 14.4 Å². The standard InChI is InChI=1S/C24H13BrCl3NO6/c1-34-21-9-19(29-22(31)13-6-16(26)17(27)7-14(13)23(29)32)18(28)8-15(21)24(33)35-10-20(30)11-2-4-12(25)5-3-11/h2-9H,10H2,1H3. The Morgan fingerprint density at radius 2 is 1.46 bits per heavy atom. The Balaban J connectivity index is 1.59. The van der Waals surface area contributed by atoms with Crippen LogP contribution >= 0.6 is 50.7 Å². The molecule has 11 heteroatoms. The summed E-state index contributed by atoms with van der Waals surface area (Å²) in [7, 11) is 1.29. The zero-order valence-corrected chi connectivity index (χ0v) is 21.6. The van der Waals surface area contributed by atoms with Gasteiger partial charge in [-0.1, -0.05) is 62.9 Å². The Kier molecular flexibility index (Phi) is 7.19. The third-order valence-corrected chi connectivity index (χ3v) is 6.71. The first-order valence-corrected chi connectivity index (χ1v) is 11.8. The fourth-order valence-corrected chi connectivity index (χ4v) is 4.26. The van der Waals surface area contributed by atoms with E-state index in [1.807, 2.05) is 0 Å². The molecule has 3 aromatic carbocycles. The minimum absolute atomic E-state index is 0.00977. The van der Waals surface area contributed by atoms with Crippen LogP contribution in [0.3, 0.4) is 0 Å². The smallest absolute Gasteiger partial charge is 0.342 e. The van der Waals surface area contributed by atoms with E-state index in [9.17, 15) is 19.2 Å². The SMILES string of the molecule is COc1cc(N2C(=O)c3cc(Cl)c(Cl)cc3C2=O)c(Cl)cc1C(=O)OCC(=O)c1ccc(Br)cc1. The number of nitrogens with zero attached hydrogens (tertiary/aromatic N) is 1. The second kappa shape index (κ2) is 9.99. The molecule has 0 N–H and O–H groups in total. The van der Waals surface area contributed by atoms with E-state index >= 15 is 0 Å². The lowest BCUT2D eigenvalue weighted by Crippen LogP contribution is -2.29.